The number of esters is 1. The van der Waals surface area contributed by atoms with Crippen LogP contribution in [0.1, 0.15) is 15.9 Å². The molecule has 0 aliphatic heterocycles. The number of Topliss-reactive ketones (excluding diaryl/α,β-unsaturated/α-hetero) is 1. The Morgan fingerprint density at radius 3 is 2.59 bits per heavy atom. The molecule has 0 saturated carbocycles. The Bertz CT molecular complexity index is 615. The van der Waals surface area contributed by atoms with Crippen LogP contribution in [0.5, 0.6) is 5.75 Å². The van der Waals surface area contributed by atoms with Gasteiger partial charge in [0.2, 0.25) is 5.78 Å². The molecule has 0 heterocycles. The summed E-state index contributed by atoms with van der Waals surface area (Å²) < 4.78 is 4.96. The van der Waals surface area contributed by atoms with E-state index in [2.05, 4.69) is 0 Å². The number of aromatic hydroxyl groups is 1. The number of hydrogen-bond donors (Lipinski definition) is 4. The minimum atomic E-state index is -1.64. The van der Waals surface area contributed by atoms with Crippen LogP contribution in [-0.4, -0.2) is 57.1 Å². The van der Waals surface area contributed by atoms with Crippen LogP contribution in [0.25, 0.3) is 0 Å². The van der Waals surface area contributed by atoms with Gasteiger partial charge < -0.3 is 25.2 Å². The maximum Gasteiger partial charge on any atom is 0.343 e. The van der Waals surface area contributed by atoms with E-state index in [1.807, 2.05) is 0 Å². The number of phenolic OH excluding ortho intramolecular Hbond substituents is 1. The molecule has 0 bridgehead atoms. The summed E-state index contributed by atoms with van der Waals surface area (Å²) >= 11 is 0. The van der Waals surface area contributed by atoms with Crippen molar-refractivity contribution in [2.24, 2.45) is 0 Å². The molecule has 1 aromatic rings. The van der Waals surface area contributed by atoms with E-state index in [4.69, 9.17) is 9.84 Å². The first kappa shape index (κ1) is 16.2. The SMILES string of the molecule is Cc1cccc(O)c1C(=O)O[C@H]1C(=O)C(CO)=C[C@H](O)[C@H]1O. The van der Waals surface area contributed by atoms with Gasteiger partial charge in [-0.1, -0.05) is 12.1 Å². The lowest BCUT2D eigenvalue weighted by atomic mass is 9.91. The average Bonchev–Trinajstić information content (AvgIpc) is 2.47. The lowest BCUT2D eigenvalue weighted by Gasteiger charge is -2.29. The van der Waals surface area contributed by atoms with Crippen molar-refractivity contribution in [3.63, 3.8) is 0 Å². The molecule has 0 saturated heterocycles. The number of rotatable bonds is 3. The number of hydrogen-bond acceptors (Lipinski definition) is 7. The van der Waals surface area contributed by atoms with Gasteiger partial charge in [-0.2, -0.15) is 0 Å². The van der Waals surface area contributed by atoms with Gasteiger partial charge in [-0.25, -0.2) is 4.79 Å². The molecule has 1 aliphatic rings. The van der Waals surface area contributed by atoms with Gasteiger partial charge in [0.1, 0.15) is 23.5 Å². The number of carbonyl (C=O) groups excluding carboxylic acids is 2. The van der Waals surface area contributed by atoms with Crippen LogP contribution >= 0.6 is 0 Å². The number of aliphatic hydroxyl groups excluding tert-OH is 3. The van der Waals surface area contributed by atoms with Crippen LogP contribution in [0, 0.1) is 6.92 Å². The highest BCUT2D eigenvalue weighted by molar-refractivity contribution is 6.03. The van der Waals surface area contributed by atoms with Crippen molar-refractivity contribution in [1.29, 1.82) is 0 Å². The maximum atomic E-state index is 12.1. The molecule has 0 amide bonds. The molecule has 1 aromatic carbocycles. The molecule has 7 heteroatoms. The molecular formula is C15H16O7. The second kappa shape index (κ2) is 6.27. The number of ether oxygens (including phenoxy) is 1. The molecule has 1 aliphatic carbocycles. The van der Waals surface area contributed by atoms with Crippen molar-refractivity contribution < 1.29 is 34.8 Å². The molecule has 0 unspecified atom stereocenters. The molecule has 0 spiro atoms. The predicted octanol–water partition coefficient (Wildman–Crippen LogP) is -0.551. The van der Waals surface area contributed by atoms with Gasteiger partial charge in [0.15, 0.2) is 6.10 Å². The van der Waals surface area contributed by atoms with Crippen molar-refractivity contribution in [3.8, 4) is 5.75 Å². The van der Waals surface area contributed by atoms with Crippen LogP contribution < -0.4 is 0 Å². The molecule has 0 radical (unpaired) electrons. The van der Waals surface area contributed by atoms with Crippen molar-refractivity contribution in [2.75, 3.05) is 6.61 Å². The number of benzene rings is 1. The second-order valence-corrected chi connectivity index (χ2v) is 4.99. The van der Waals surface area contributed by atoms with Gasteiger partial charge in [0, 0.05) is 5.57 Å². The highest BCUT2D eigenvalue weighted by Crippen LogP contribution is 2.25. The summed E-state index contributed by atoms with van der Waals surface area (Å²) in [5, 5.41) is 38.2. The van der Waals surface area contributed by atoms with Gasteiger partial charge in [-0.15, -0.1) is 0 Å². The molecule has 22 heavy (non-hydrogen) atoms. The molecular weight excluding hydrogens is 292 g/mol. The van der Waals surface area contributed by atoms with Crippen LogP contribution in [-0.2, 0) is 9.53 Å². The van der Waals surface area contributed by atoms with E-state index in [0.717, 1.165) is 6.08 Å². The minimum Gasteiger partial charge on any atom is -0.507 e. The number of phenols is 1. The normalized spacial score (nSPS) is 24.8. The van der Waals surface area contributed by atoms with Gasteiger partial charge in [0.05, 0.1) is 6.61 Å². The molecule has 0 fully saturated rings. The fourth-order valence-corrected chi connectivity index (χ4v) is 2.25. The summed E-state index contributed by atoms with van der Waals surface area (Å²) in [6, 6.07) is 4.40. The number of ketones is 1. The second-order valence-electron chi connectivity index (χ2n) is 4.99. The topological polar surface area (TPSA) is 124 Å². The van der Waals surface area contributed by atoms with Gasteiger partial charge in [-0.05, 0) is 24.6 Å². The molecule has 4 N–H and O–H groups in total. The minimum absolute atomic E-state index is 0.128. The zero-order valence-electron chi connectivity index (χ0n) is 11.8. The largest absolute Gasteiger partial charge is 0.507 e. The third kappa shape index (κ3) is 2.87. The van der Waals surface area contributed by atoms with Crippen LogP contribution in [0.2, 0.25) is 0 Å². The lowest BCUT2D eigenvalue weighted by molar-refractivity contribution is -0.136. The third-order valence-corrected chi connectivity index (χ3v) is 3.47. The monoisotopic (exact) mass is 308 g/mol. The molecule has 118 valence electrons. The first-order chi connectivity index (χ1) is 10.4. The molecule has 7 nitrogen and oxygen atoms in total. The summed E-state index contributed by atoms with van der Waals surface area (Å²) in [6.07, 6.45) is -3.71. The number of aliphatic hydroxyl groups is 3. The first-order valence-electron chi connectivity index (χ1n) is 6.58. The zero-order valence-corrected chi connectivity index (χ0v) is 11.8. The van der Waals surface area contributed by atoms with Gasteiger partial charge in [0.25, 0.3) is 0 Å². The smallest absolute Gasteiger partial charge is 0.343 e. The van der Waals surface area contributed by atoms with E-state index in [-0.39, 0.29) is 16.9 Å². The van der Waals surface area contributed by atoms with E-state index in [9.17, 15) is 24.9 Å². The highest BCUT2D eigenvalue weighted by atomic mass is 16.6. The zero-order chi connectivity index (χ0) is 16.4. The first-order valence-corrected chi connectivity index (χ1v) is 6.58. The van der Waals surface area contributed by atoms with Crippen LogP contribution in [0.4, 0.5) is 0 Å². The van der Waals surface area contributed by atoms with Crippen LogP contribution in [0.15, 0.2) is 29.8 Å². The fraction of sp³-hybridized carbons (Fsp3) is 0.333. The Kier molecular flexibility index (Phi) is 4.60. The summed E-state index contributed by atoms with van der Waals surface area (Å²) in [5.74, 6) is -2.11. The van der Waals surface area contributed by atoms with Gasteiger partial charge >= 0.3 is 5.97 Å². The van der Waals surface area contributed by atoms with E-state index in [1.165, 1.54) is 6.07 Å². The Hall–Kier alpha value is -2.22. The van der Waals surface area contributed by atoms with E-state index in [0.29, 0.717) is 5.56 Å². The summed E-state index contributed by atoms with van der Waals surface area (Å²) in [6.45, 7) is 0.926. The summed E-state index contributed by atoms with van der Waals surface area (Å²) in [5.41, 5.74) is 0.155. The maximum absolute atomic E-state index is 12.1. The lowest BCUT2D eigenvalue weighted by Crippen LogP contribution is -2.49. The van der Waals surface area contributed by atoms with Gasteiger partial charge in [-0.3, -0.25) is 4.79 Å². The van der Waals surface area contributed by atoms with Crippen molar-refractivity contribution in [2.45, 2.75) is 25.2 Å². The van der Waals surface area contributed by atoms with Crippen LogP contribution in [0.3, 0.4) is 0 Å². The Morgan fingerprint density at radius 1 is 1.32 bits per heavy atom. The summed E-state index contributed by atoms with van der Waals surface area (Å²) in [7, 11) is 0. The molecule has 2 rings (SSSR count). The number of carbonyl (C=O) groups is 2. The number of aryl methyl sites for hydroxylation is 1. The average molecular weight is 308 g/mol. The van der Waals surface area contributed by atoms with Crippen molar-refractivity contribution >= 4 is 11.8 Å². The Labute approximate surface area is 126 Å². The summed E-state index contributed by atoms with van der Waals surface area (Å²) in [4.78, 5) is 24.1. The van der Waals surface area contributed by atoms with Crippen molar-refractivity contribution in [3.05, 3.63) is 41.0 Å². The fourth-order valence-electron chi connectivity index (χ4n) is 2.25. The molecule has 3 atom stereocenters. The molecule has 0 aromatic heterocycles. The predicted molar refractivity (Wildman–Crippen MR) is 74.2 cm³/mol. The van der Waals surface area contributed by atoms with E-state index in [1.54, 1.807) is 19.1 Å². The quantitative estimate of drug-likeness (QED) is 0.552. The Morgan fingerprint density at radius 2 is 2.00 bits per heavy atom. The standard InChI is InChI=1S/C15H16O7/c1-7-3-2-4-9(17)11(7)15(21)22-14-12(19)8(6-16)5-10(18)13(14)20/h2-5,10,13-14,16-18,20H,6H2,1H3/t10-,13+,14-/m0/s1. The third-order valence-electron chi connectivity index (χ3n) is 3.47. The Balaban J connectivity index is 2.28. The highest BCUT2D eigenvalue weighted by Gasteiger charge is 2.40. The van der Waals surface area contributed by atoms with E-state index < -0.39 is 36.7 Å². The van der Waals surface area contributed by atoms with Crippen molar-refractivity contribution in [1.82, 2.24) is 0 Å². The van der Waals surface area contributed by atoms with E-state index >= 15 is 0 Å².